The number of nitrogens with one attached hydrogen (secondary N) is 2. The minimum atomic E-state index is -4.37. The zero-order valence-electron chi connectivity index (χ0n) is 17.7. The number of likely N-dealkylation sites (N-methyl/N-ethyl adjacent to an activating group) is 1. The normalized spacial score (nSPS) is 12.1. The van der Waals surface area contributed by atoms with Gasteiger partial charge in [0.25, 0.3) is 0 Å². The molecule has 0 bridgehead atoms. The summed E-state index contributed by atoms with van der Waals surface area (Å²) in [4.78, 5) is 31.1. The Hall–Kier alpha value is -3.00. The summed E-state index contributed by atoms with van der Waals surface area (Å²) < 4.78 is 37.5. The molecule has 0 fully saturated rings. The number of nitrogens with zero attached hydrogens (tertiary/aromatic N) is 2. The summed E-state index contributed by atoms with van der Waals surface area (Å²) in [5, 5.41) is 7.57. The lowest BCUT2D eigenvalue weighted by Crippen LogP contribution is -2.40. The summed E-state index contributed by atoms with van der Waals surface area (Å²) in [5.41, 5.74) is 1.67. The van der Waals surface area contributed by atoms with Crippen molar-refractivity contribution in [2.45, 2.75) is 12.5 Å². The lowest BCUT2D eigenvalue weighted by molar-refractivity contribution is -0.122. The quantitative estimate of drug-likeness (QED) is 0.376. The Kier molecular flexibility index (Phi) is 8.02. The van der Waals surface area contributed by atoms with Gasteiger partial charge in [-0.25, -0.2) is 9.78 Å². The van der Waals surface area contributed by atoms with Gasteiger partial charge < -0.3 is 15.0 Å². The van der Waals surface area contributed by atoms with Crippen molar-refractivity contribution in [1.29, 1.82) is 0 Å². The van der Waals surface area contributed by atoms with Crippen molar-refractivity contribution in [3.63, 3.8) is 0 Å². The van der Waals surface area contributed by atoms with Gasteiger partial charge in [-0.2, -0.15) is 8.42 Å². The molecule has 2 heterocycles. The van der Waals surface area contributed by atoms with Crippen LogP contribution in [0.15, 0.2) is 47.2 Å². The standard InChI is InChI=1S/C20H22N4O6S3/c1-24(20(26)30-2)11-18(25)21-15(16-12-32-19(22-16)17-4-3-9-31-17)10-13-5-7-14(8-6-13)23-33(27,28)29/h3-9,12,15,23H,10-11H2,1-2H3,(H,21,25)(H,27,28,29)/t15-/m0/s1. The number of anilines is 1. The van der Waals surface area contributed by atoms with E-state index in [2.05, 4.69) is 15.0 Å². The summed E-state index contributed by atoms with van der Waals surface area (Å²) in [7, 11) is -1.67. The maximum absolute atomic E-state index is 12.6. The molecule has 10 nitrogen and oxygen atoms in total. The smallest absolute Gasteiger partial charge is 0.409 e. The Labute approximate surface area is 199 Å². The molecular weight excluding hydrogens is 488 g/mol. The molecule has 0 spiro atoms. The molecule has 33 heavy (non-hydrogen) atoms. The van der Waals surface area contributed by atoms with Crippen molar-refractivity contribution in [1.82, 2.24) is 15.2 Å². The second kappa shape index (κ2) is 10.7. The van der Waals surface area contributed by atoms with Crippen molar-refractivity contribution in [3.05, 3.63) is 58.4 Å². The third-order valence-corrected chi connectivity index (χ3v) is 6.85. The lowest BCUT2D eigenvalue weighted by atomic mass is 10.0. The van der Waals surface area contributed by atoms with Gasteiger partial charge in [0, 0.05) is 12.4 Å². The van der Waals surface area contributed by atoms with Gasteiger partial charge in [-0.3, -0.25) is 14.1 Å². The molecule has 3 N–H and O–H groups in total. The number of ether oxygens (including phenoxy) is 1. The molecule has 1 atom stereocenters. The van der Waals surface area contributed by atoms with E-state index < -0.39 is 22.4 Å². The molecule has 2 aromatic heterocycles. The summed E-state index contributed by atoms with van der Waals surface area (Å²) in [6.07, 6.45) is -0.259. The van der Waals surface area contributed by atoms with Gasteiger partial charge in [-0.05, 0) is 35.6 Å². The average Bonchev–Trinajstić information content (AvgIpc) is 3.44. The lowest BCUT2D eigenvalue weighted by Gasteiger charge is -2.20. The number of thiazole rings is 1. The van der Waals surface area contributed by atoms with Crippen LogP contribution in [0, 0.1) is 0 Å². The van der Waals surface area contributed by atoms with E-state index in [0.29, 0.717) is 12.1 Å². The fourth-order valence-corrected chi connectivity index (χ4v) is 5.08. The monoisotopic (exact) mass is 510 g/mol. The first kappa shape index (κ1) is 24.6. The predicted molar refractivity (Wildman–Crippen MR) is 127 cm³/mol. The third-order valence-electron chi connectivity index (χ3n) is 4.45. The Morgan fingerprint density at radius 1 is 1.21 bits per heavy atom. The zero-order chi connectivity index (χ0) is 24.0. The highest BCUT2D eigenvalue weighted by molar-refractivity contribution is 7.87. The van der Waals surface area contributed by atoms with Crippen molar-refractivity contribution in [2.75, 3.05) is 25.4 Å². The number of amides is 2. The van der Waals surface area contributed by atoms with E-state index in [0.717, 1.165) is 20.3 Å². The van der Waals surface area contributed by atoms with E-state index >= 15 is 0 Å². The van der Waals surface area contributed by atoms with Crippen LogP contribution in [0.4, 0.5) is 10.5 Å². The van der Waals surface area contributed by atoms with Gasteiger partial charge in [-0.1, -0.05) is 18.2 Å². The summed E-state index contributed by atoms with van der Waals surface area (Å²) >= 11 is 3.03. The number of thiophene rings is 1. The molecule has 3 aromatic rings. The van der Waals surface area contributed by atoms with Crippen LogP contribution in [0.3, 0.4) is 0 Å². The van der Waals surface area contributed by atoms with E-state index in [-0.39, 0.29) is 18.1 Å². The number of carbonyl (C=O) groups excluding carboxylic acids is 2. The van der Waals surface area contributed by atoms with Crippen LogP contribution in [0.25, 0.3) is 9.88 Å². The fourth-order valence-electron chi connectivity index (χ4n) is 2.96. The Balaban J connectivity index is 1.79. The van der Waals surface area contributed by atoms with Crippen LogP contribution in [0.5, 0.6) is 0 Å². The molecule has 0 aliphatic heterocycles. The molecule has 0 unspecified atom stereocenters. The number of hydrogen-bond acceptors (Lipinski definition) is 8. The van der Waals surface area contributed by atoms with Gasteiger partial charge in [-0.15, -0.1) is 22.7 Å². The maximum Gasteiger partial charge on any atom is 0.409 e. The second-order valence-corrected chi connectivity index (χ2v) is 9.94. The fraction of sp³-hybridized carbons (Fsp3) is 0.250. The first-order chi connectivity index (χ1) is 15.6. The Bertz CT molecular complexity index is 1190. The van der Waals surface area contributed by atoms with Crippen molar-refractivity contribution < 1.29 is 27.3 Å². The number of methoxy groups -OCH3 is 1. The van der Waals surface area contributed by atoms with Crippen LogP contribution in [-0.2, 0) is 26.3 Å². The van der Waals surface area contributed by atoms with Gasteiger partial charge in [0.2, 0.25) is 5.91 Å². The molecule has 3 rings (SSSR count). The van der Waals surface area contributed by atoms with Crippen LogP contribution in [0.1, 0.15) is 17.3 Å². The van der Waals surface area contributed by atoms with E-state index in [4.69, 9.17) is 4.55 Å². The number of hydrogen-bond donors (Lipinski definition) is 3. The van der Waals surface area contributed by atoms with Crippen LogP contribution < -0.4 is 10.0 Å². The predicted octanol–water partition coefficient (Wildman–Crippen LogP) is 3.18. The number of rotatable bonds is 9. The molecule has 0 aliphatic carbocycles. The SMILES string of the molecule is COC(=O)N(C)CC(=O)N[C@@H](Cc1ccc(NS(=O)(=O)O)cc1)c1csc(-c2cccs2)n1. The summed E-state index contributed by atoms with van der Waals surface area (Å²) in [6, 6.07) is 9.78. The topological polar surface area (TPSA) is 138 Å². The van der Waals surface area contributed by atoms with E-state index in [1.54, 1.807) is 23.5 Å². The highest BCUT2D eigenvalue weighted by Gasteiger charge is 2.21. The minimum absolute atomic E-state index is 0.192. The third kappa shape index (κ3) is 7.25. The van der Waals surface area contributed by atoms with Gasteiger partial charge in [0.1, 0.15) is 11.6 Å². The molecule has 2 amide bonds. The van der Waals surface area contributed by atoms with Crippen molar-refractivity contribution in [2.24, 2.45) is 0 Å². The molecule has 0 aliphatic rings. The second-order valence-electron chi connectivity index (χ2n) is 6.98. The average molecular weight is 511 g/mol. The van der Waals surface area contributed by atoms with E-state index in [9.17, 15) is 18.0 Å². The van der Waals surface area contributed by atoms with Gasteiger partial charge in [0.15, 0.2) is 0 Å². The van der Waals surface area contributed by atoms with Gasteiger partial charge >= 0.3 is 16.4 Å². The van der Waals surface area contributed by atoms with E-state index in [1.807, 2.05) is 27.6 Å². The molecule has 0 saturated heterocycles. The van der Waals surface area contributed by atoms with Crippen molar-refractivity contribution in [3.8, 4) is 9.88 Å². The summed E-state index contributed by atoms with van der Waals surface area (Å²) in [6.45, 7) is -0.192. The summed E-state index contributed by atoms with van der Waals surface area (Å²) in [5.74, 6) is -0.386. The first-order valence-corrected chi connectivity index (χ1v) is 12.8. The molecular formula is C20H22N4O6S3. The number of benzene rings is 1. The maximum atomic E-state index is 12.6. The first-order valence-electron chi connectivity index (χ1n) is 9.56. The van der Waals surface area contributed by atoms with Gasteiger partial charge in [0.05, 0.1) is 29.4 Å². The highest BCUT2D eigenvalue weighted by Crippen LogP contribution is 2.30. The Morgan fingerprint density at radius 3 is 2.55 bits per heavy atom. The van der Waals surface area contributed by atoms with Crippen molar-refractivity contribution >= 4 is 50.7 Å². The zero-order valence-corrected chi connectivity index (χ0v) is 20.2. The van der Waals surface area contributed by atoms with Crippen LogP contribution in [-0.4, -0.2) is 55.6 Å². The van der Waals surface area contributed by atoms with E-state index in [1.165, 1.54) is 37.6 Å². The Morgan fingerprint density at radius 2 is 1.94 bits per heavy atom. The molecule has 176 valence electrons. The van der Waals surface area contributed by atoms with Crippen LogP contribution in [0.2, 0.25) is 0 Å². The number of carbonyl (C=O) groups is 2. The molecule has 0 saturated carbocycles. The largest absolute Gasteiger partial charge is 0.453 e. The number of aromatic nitrogens is 1. The minimum Gasteiger partial charge on any atom is -0.453 e. The molecule has 13 heteroatoms. The van der Waals surface area contributed by atoms with Crippen LogP contribution >= 0.6 is 22.7 Å². The molecule has 0 radical (unpaired) electrons. The molecule has 1 aromatic carbocycles. The highest BCUT2D eigenvalue weighted by atomic mass is 32.2.